The van der Waals surface area contributed by atoms with Gasteiger partial charge in [0, 0.05) is 6.54 Å². The summed E-state index contributed by atoms with van der Waals surface area (Å²) in [7, 11) is -3.42. The molecule has 16 heavy (non-hydrogen) atoms. The van der Waals surface area contributed by atoms with Gasteiger partial charge in [-0.05, 0) is 24.7 Å². The third kappa shape index (κ3) is 2.94. The monoisotopic (exact) mass is 280 g/mol. The molecule has 0 aromatic carbocycles. The summed E-state index contributed by atoms with van der Waals surface area (Å²) in [5.74, 6) is 1.09. The van der Waals surface area contributed by atoms with E-state index in [1.807, 2.05) is 0 Å². The lowest BCUT2D eigenvalue weighted by Crippen LogP contribution is -2.28. The summed E-state index contributed by atoms with van der Waals surface area (Å²) in [5.41, 5.74) is 0. The first-order valence-electron chi connectivity index (χ1n) is 5.10. The summed E-state index contributed by atoms with van der Waals surface area (Å²) in [6.07, 6.45) is 3.72. The van der Waals surface area contributed by atoms with Crippen molar-refractivity contribution in [2.75, 3.05) is 6.54 Å². The van der Waals surface area contributed by atoms with Crippen molar-refractivity contribution < 1.29 is 8.42 Å². The minimum absolute atomic E-state index is 0.181. The molecule has 0 bridgehead atoms. The highest BCUT2D eigenvalue weighted by molar-refractivity contribution is 7.91. The fourth-order valence-electron chi connectivity index (χ4n) is 1.51. The largest absolute Gasteiger partial charge is 0.251 e. The maximum absolute atomic E-state index is 11.8. The lowest BCUT2D eigenvalue weighted by atomic mass is 10.1. The number of nitrogens with one attached hydrogen (secondary N) is 1. The molecule has 0 radical (unpaired) electrons. The lowest BCUT2D eigenvalue weighted by molar-refractivity contribution is 0.492. The van der Waals surface area contributed by atoms with Crippen LogP contribution in [-0.4, -0.2) is 19.9 Å². The van der Waals surface area contributed by atoms with Crippen LogP contribution < -0.4 is 4.72 Å². The molecular formula is C9H13ClN2O2S2. The average molecular weight is 281 g/mol. The first-order valence-corrected chi connectivity index (χ1v) is 7.78. The van der Waals surface area contributed by atoms with Gasteiger partial charge in [-0.1, -0.05) is 29.9 Å². The highest BCUT2D eigenvalue weighted by atomic mass is 35.5. The number of thiazole rings is 1. The summed E-state index contributed by atoms with van der Waals surface area (Å²) >= 11 is 6.58. The quantitative estimate of drug-likeness (QED) is 0.899. The molecule has 1 saturated carbocycles. The normalized spacial score (nSPS) is 18.6. The second-order valence-corrected chi connectivity index (χ2v) is 7.71. The SMILES string of the molecule is CC(CNS(=O)(=O)c1cnc(Cl)s1)C1CC1. The van der Waals surface area contributed by atoms with Gasteiger partial charge in [0.25, 0.3) is 10.0 Å². The number of aromatic nitrogens is 1. The van der Waals surface area contributed by atoms with E-state index in [0.29, 0.717) is 18.4 Å². The van der Waals surface area contributed by atoms with Crippen molar-refractivity contribution >= 4 is 33.0 Å². The first kappa shape index (κ1) is 12.3. The van der Waals surface area contributed by atoms with Crippen LogP contribution in [0, 0.1) is 11.8 Å². The molecule has 2 rings (SSSR count). The second-order valence-electron chi connectivity index (χ2n) is 4.10. The summed E-state index contributed by atoms with van der Waals surface area (Å²) in [5, 5.41) is 0. The van der Waals surface area contributed by atoms with Crippen LogP contribution in [0.2, 0.25) is 4.47 Å². The third-order valence-corrected chi connectivity index (χ3v) is 5.74. The standard InChI is InChI=1S/C9H13ClN2O2S2/c1-6(7-2-3-7)4-12-16(13,14)8-5-11-9(10)15-8/h5-7,12H,2-4H2,1H3. The van der Waals surface area contributed by atoms with Crippen molar-refractivity contribution in [2.24, 2.45) is 11.8 Å². The molecule has 1 unspecified atom stereocenters. The molecule has 0 amide bonds. The number of rotatable bonds is 5. The van der Waals surface area contributed by atoms with Crippen LogP contribution in [0.4, 0.5) is 0 Å². The molecule has 7 heteroatoms. The zero-order chi connectivity index (χ0) is 11.8. The summed E-state index contributed by atoms with van der Waals surface area (Å²) < 4.78 is 26.6. The molecule has 0 spiro atoms. The highest BCUT2D eigenvalue weighted by Crippen LogP contribution is 2.36. The van der Waals surface area contributed by atoms with E-state index in [2.05, 4.69) is 16.6 Å². The van der Waals surface area contributed by atoms with Crippen LogP contribution in [0.3, 0.4) is 0 Å². The summed E-state index contributed by atoms with van der Waals surface area (Å²) in [6.45, 7) is 2.56. The van der Waals surface area contributed by atoms with Gasteiger partial charge in [0.1, 0.15) is 0 Å². The molecule has 90 valence electrons. The molecule has 1 heterocycles. The summed E-state index contributed by atoms with van der Waals surface area (Å²) in [6, 6.07) is 0. The molecular weight excluding hydrogens is 268 g/mol. The Morgan fingerprint density at radius 1 is 1.69 bits per heavy atom. The van der Waals surface area contributed by atoms with Crippen molar-refractivity contribution in [3.05, 3.63) is 10.7 Å². The van der Waals surface area contributed by atoms with Crippen molar-refractivity contribution in [3.63, 3.8) is 0 Å². The fourth-order valence-corrected chi connectivity index (χ4v) is 3.99. The van der Waals surface area contributed by atoms with E-state index in [4.69, 9.17) is 11.6 Å². The molecule has 4 nitrogen and oxygen atoms in total. The Morgan fingerprint density at radius 2 is 2.38 bits per heavy atom. The van der Waals surface area contributed by atoms with E-state index in [9.17, 15) is 8.42 Å². The van der Waals surface area contributed by atoms with Crippen molar-refractivity contribution in [1.29, 1.82) is 0 Å². The number of halogens is 1. The highest BCUT2D eigenvalue weighted by Gasteiger charge is 2.29. The van der Waals surface area contributed by atoms with Crippen LogP contribution in [0.1, 0.15) is 19.8 Å². The van der Waals surface area contributed by atoms with Gasteiger partial charge in [-0.3, -0.25) is 0 Å². The van der Waals surface area contributed by atoms with Crippen LogP contribution in [-0.2, 0) is 10.0 Å². The maximum atomic E-state index is 11.8. The van der Waals surface area contributed by atoms with Crippen molar-refractivity contribution in [2.45, 2.75) is 24.0 Å². The predicted octanol–water partition coefficient (Wildman–Crippen LogP) is 2.12. The van der Waals surface area contributed by atoms with E-state index < -0.39 is 10.0 Å². The number of hydrogen-bond acceptors (Lipinski definition) is 4. The van der Waals surface area contributed by atoms with Crippen molar-refractivity contribution in [3.8, 4) is 0 Å². The zero-order valence-electron chi connectivity index (χ0n) is 8.81. The number of nitrogens with zero attached hydrogens (tertiary/aromatic N) is 1. The molecule has 0 aliphatic heterocycles. The van der Waals surface area contributed by atoms with Crippen molar-refractivity contribution in [1.82, 2.24) is 9.71 Å². The second kappa shape index (κ2) is 4.60. The average Bonchev–Trinajstić information content (AvgIpc) is 2.98. The van der Waals surface area contributed by atoms with E-state index in [-0.39, 0.29) is 8.68 Å². The zero-order valence-corrected chi connectivity index (χ0v) is 11.2. The third-order valence-electron chi connectivity index (χ3n) is 2.74. The maximum Gasteiger partial charge on any atom is 0.251 e. The van der Waals surface area contributed by atoms with Gasteiger partial charge in [-0.2, -0.15) is 0 Å². The van der Waals surface area contributed by atoms with Gasteiger partial charge in [-0.25, -0.2) is 18.1 Å². The Kier molecular flexibility index (Phi) is 3.53. The van der Waals surface area contributed by atoms with E-state index in [0.717, 1.165) is 11.3 Å². The molecule has 1 aromatic heterocycles. The predicted molar refractivity (Wildman–Crippen MR) is 64.2 cm³/mol. The molecule has 0 saturated heterocycles. The summed E-state index contributed by atoms with van der Waals surface area (Å²) in [4.78, 5) is 3.72. The van der Waals surface area contributed by atoms with E-state index in [1.54, 1.807) is 0 Å². The minimum atomic E-state index is -3.42. The molecule has 1 fully saturated rings. The van der Waals surface area contributed by atoms with Gasteiger partial charge < -0.3 is 0 Å². The Bertz CT molecular complexity index is 468. The van der Waals surface area contributed by atoms with Crippen LogP contribution >= 0.6 is 22.9 Å². The minimum Gasteiger partial charge on any atom is -0.232 e. The van der Waals surface area contributed by atoms with Gasteiger partial charge in [0.05, 0.1) is 6.20 Å². The number of hydrogen-bond donors (Lipinski definition) is 1. The van der Waals surface area contributed by atoms with Crippen LogP contribution in [0.15, 0.2) is 10.4 Å². The van der Waals surface area contributed by atoms with Crippen LogP contribution in [0.25, 0.3) is 0 Å². The lowest BCUT2D eigenvalue weighted by Gasteiger charge is -2.10. The Morgan fingerprint density at radius 3 is 2.88 bits per heavy atom. The van der Waals surface area contributed by atoms with Gasteiger partial charge in [-0.15, -0.1) is 0 Å². The Labute approximate surface area is 104 Å². The van der Waals surface area contributed by atoms with Crippen LogP contribution in [0.5, 0.6) is 0 Å². The fraction of sp³-hybridized carbons (Fsp3) is 0.667. The Hall–Kier alpha value is -0.170. The number of sulfonamides is 1. The Balaban J connectivity index is 1.97. The molecule has 1 aromatic rings. The first-order chi connectivity index (χ1) is 7.49. The molecule has 1 aliphatic rings. The molecule has 1 N–H and O–H groups in total. The van der Waals surface area contributed by atoms with E-state index >= 15 is 0 Å². The smallest absolute Gasteiger partial charge is 0.232 e. The van der Waals surface area contributed by atoms with Gasteiger partial charge in [0.15, 0.2) is 8.68 Å². The van der Waals surface area contributed by atoms with Gasteiger partial charge in [0.2, 0.25) is 0 Å². The molecule has 1 aliphatic carbocycles. The molecule has 1 atom stereocenters. The topological polar surface area (TPSA) is 59.1 Å². The van der Waals surface area contributed by atoms with E-state index in [1.165, 1.54) is 19.0 Å². The van der Waals surface area contributed by atoms with Gasteiger partial charge >= 0.3 is 0 Å².